The molecule has 0 heterocycles. The molecule has 5 saturated carbocycles. The zero-order valence-electron chi connectivity index (χ0n) is 21.9. The van der Waals surface area contributed by atoms with Crippen LogP contribution in [-0.4, -0.2) is 16.9 Å². The second kappa shape index (κ2) is 6.97. The molecule has 9 atom stereocenters. The predicted octanol–water partition coefficient (Wildman–Crippen LogP) is 7.30. The summed E-state index contributed by atoms with van der Waals surface area (Å²) in [5.41, 5.74) is 0.853. The molecule has 3 heteroatoms. The predicted molar refractivity (Wildman–Crippen MR) is 132 cm³/mol. The lowest BCUT2D eigenvalue weighted by molar-refractivity contribution is -0.229. The van der Waals surface area contributed by atoms with Crippen LogP contribution in [0.3, 0.4) is 0 Å². The van der Waals surface area contributed by atoms with Crippen molar-refractivity contribution in [2.45, 2.75) is 106 Å². The van der Waals surface area contributed by atoms with E-state index in [9.17, 15) is 14.7 Å². The topological polar surface area (TPSA) is 54.4 Å². The number of fused-ring (bicyclic) bond motifs is 7. The van der Waals surface area contributed by atoms with E-state index in [1.807, 2.05) is 0 Å². The molecule has 0 bridgehead atoms. The molecule has 0 aliphatic heterocycles. The molecule has 0 aromatic carbocycles. The van der Waals surface area contributed by atoms with E-state index in [4.69, 9.17) is 0 Å². The van der Waals surface area contributed by atoms with Gasteiger partial charge < -0.3 is 5.11 Å². The smallest absolute Gasteiger partial charge is 0.309 e. The lowest BCUT2D eigenvalue weighted by atomic mass is 9.33. The SMILES string of the molecule is C=C(C)[C@@H]1CC[C@]2(C(=O)O)CC[C@@]3(C)C4CCC5C(C)(C)C(=O)CC[C@]5(C)C4CC[C@]3(C)C12. The molecule has 5 aliphatic carbocycles. The summed E-state index contributed by atoms with van der Waals surface area (Å²) in [6, 6.07) is 0. The number of Topliss-reactive ketones (excluding diaryl/α,β-unsaturated/α-hetero) is 1. The highest BCUT2D eigenvalue weighted by molar-refractivity contribution is 5.85. The summed E-state index contributed by atoms with van der Waals surface area (Å²) < 4.78 is 0. The van der Waals surface area contributed by atoms with Crippen molar-refractivity contribution in [1.82, 2.24) is 0 Å². The van der Waals surface area contributed by atoms with Crippen molar-refractivity contribution >= 4 is 11.8 Å². The van der Waals surface area contributed by atoms with E-state index in [2.05, 4.69) is 48.1 Å². The van der Waals surface area contributed by atoms with Crippen molar-refractivity contribution in [3.05, 3.63) is 12.2 Å². The Morgan fingerprint density at radius 2 is 1.58 bits per heavy atom. The number of rotatable bonds is 2. The maximum Gasteiger partial charge on any atom is 0.309 e. The van der Waals surface area contributed by atoms with Crippen molar-refractivity contribution in [1.29, 1.82) is 0 Å². The van der Waals surface area contributed by atoms with Gasteiger partial charge in [0.25, 0.3) is 0 Å². The molecular formula is C30H46O3. The lowest BCUT2D eigenvalue weighted by Gasteiger charge is -2.71. The van der Waals surface area contributed by atoms with Gasteiger partial charge in [-0.2, -0.15) is 0 Å². The zero-order chi connectivity index (χ0) is 24.2. The molecule has 5 fully saturated rings. The van der Waals surface area contributed by atoms with Crippen molar-refractivity contribution in [3.63, 3.8) is 0 Å². The number of carboxylic acid groups (broad SMARTS) is 1. The first-order chi connectivity index (χ1) is 15.3. The number of carboxylic acids is 1. The van der Waals surface area contributed by atoms with E-state index in [1.54, 1.807) is 0 Å². The van der Waals surface area contributed by atoms with Gasteiger partial charge >= 0.3 is 5.97 Å². The Bertz CT molecular complexity index is 902. The highest BCUT2D eigenvalue weighted by Crippen LogP contribution is 2.77. The first-order valence-corrected chi connectivity index (χ1v) is 13.7. The van der Waals surface area contributed by atoms with E-state index < -0.39 is 11.4 Å². The molecule has 0 aromatic rings. The summed E-state index contributed by atoms with van der Waals surface area (Å²) in [7, 11) is 0. The average molecular weight is 455 g/mol. The summed E-state index contributed by atoms with van der Waals surface area (Å²) in [4.78, 5) is 25.7. The number of carbonyl (C=O) groups excluding carboxylic acids is 1. The van der Waals surface area contributed by atoms with Gasteiger partial charge in [0.2, 0.25) is 0 Å². The molecule has 5 aliphatic rings. The van der Waals surface area contributed by atoms with Crippen molar-refractivity contribution in [3.8, 4) is 0 Å². The Morgan fingerprint density at radius 1 is 0.879 bits per heavy atom. The monoisotopic (exact) mass is 454 g/mol. The Balaban J connectivity index is 1.57. The van der Waals surface area contributed by atoms with Gasteiger partial charge in [0.05, 0.1) is 5.41 Å². The van der Waals surface area contributed by atoms with Crippen LogP contribution in [0.4, 0.5) is 0 Å². The number of aliphatic carboxylic acids is 1. The highest BCUT2D eigenvalue weighted by Gasteiger charge is 2.72. The largest absolute Gasteiger partial charge is 0.481 e. The van der Waals surface area contributed by atoms with Gasteiger partial charge in [-0.05, 0) is 111 Å². The first kappa shape index (κ1) is 23.6. The van der Waals surface area contributed by atoms with Crippen LogP contribution in [0.15, 0.2) is 12.2 Å². The van der Waals surface area contributed by atoms with Gasteiger partial charge in [0, 0.05) is 11.8 Å². The molecule has 0 radical (unpaired) electrons. The molecule has 0 saturated heterocycles. The summed E-state index contributed by atoms with van der Waals surface area (Å²) >= 11 is 0. The van der Waals surface area contributed by atoms with Crippen LogP contribution in [0.5, 0.6) is 0 Å². The molecule has 0 aromatic heterocycles. The van der Waals surface area contributed by atoms with Crippen LogP contribution in [-0.2, 0) is 9.59 Å². The molecule has 184 valence electrons. The lowest BCUT2D eigenvalue weighted by Crippen LogP contribution is -2.66. The fourth-order valence-corrected chi connectivity index (χ4v) is 11.3. The van der Waals surface area contributed by atoms with Gasteiger partial charge in [-0.3, -0.25) is 9.59 Å². The number of carbonyl (C=O) groups is 2. The highest BCUT2D eigenvalue weighted by atomic mass is 16.4. The van der Waals surface area contributed by atoms with Gasteiger partial charge in [-0.25, -0.2) is 0 Å². The third-order valence-corrected chi connectivity index (χ3v) is 13.2. The molecule has 33 heavy (non-hydrogen) atoms. The summed E-state index contributed by atoms with van der Waals surface area (Å²) in [6.45, 7) is 18.5. The molecule has 3 nitrogen and oxygen atoms in total. The minimum absolute atomic E-state index is 0.0358. The third kappa shape index (κ3) is 2.69. The van der Waals surface area contributed by atoms with Crippen molar-refractivity contribution < 1.29 is 14.7 Å². The molecule has 0 amide bonds. The third-order valence-electron chi connectivity index (χ3n) is 13.2. The Kier molecular flexibility index (Phi) is 4.99. The van der Waals surface area contributed by atoms with Gasteiger partial charge in [0.15, 0.2) is 0 Å². The molecular weight excluding hydrogens is 408 g/mol. The number of allylic oxidation sites excluding steroid dienone is 1. The number of ketones is 1. The van der Waals surface area contributed by atoms with E-state index in [1.165, 1.54) is 18.4 Å². The van der Waals surface area contributed by atoms with Crippen LogP contribution in [0.2, 0.25) is 0 Å². The molecule has 0 spiro atoms. The molecule has 4 unspecified atom stereocenters. The quantitative estimate of drug-likeness (QED) is 0.445. The average Bonchev–Trinajstić information content (AvgIpc) is 3.15. The normalized spacial score (nSPS) is 52.8. The van der Waals surface area contributed by atoms with Gasteiger partial charge in [-0.1, -0.05) is 46.8 Å². The van der Waals surface area contributed by atoms with Crippen molar-refractivity contribution in [2.75, 3.05) is 0 Å². The maximum atomic E-state index is 12.9. The minimum atomic E-state index is -0.564. The van der Waals surface area contributed by atoms with Crippen LogP contribution in [0.1, 0.15) is 106 Å². The van der Waals surface area contributed by atoms with Crippen LogP contribution >= 0.6 is 0 Å². The van der Waals surface area contributed by atoms with Crippen molar-refractivity contribution in [2.24, 2.45) is 56.7 Å². The number of hydrogen-bond acceptors (Lipinski definition) is 2. The zero-order valence-corrected chi connectivity index (χ0v) is 21.9. The summed E-state index contributed by atoms with van der Waals surface area (Å²) in [6.07, 6.45) is 10.1. The minimum Gasteiger partial charge on any atom is -0.481 e. The summed E-state index contributed by atoms with van der Waals surface area (Å²) in [5, 5.41) is 10.5. The Morgan fingerprint density at radius 3 is 2.21 bits per heavy atom. The fourth-order valence-electron chi connectivity index (χ4n) is 11.3. The second-order valence-corrected chi connectivity index (χ2v) is 14.3. The first-order valence-electron chi connectivity index (χ1n) is 13.7. The molecule has 1 N–H and O–H groups in total. The van der Waals surface area contributed by atoms with E-state index in [0.29, 0.717) is 29.5 Å². The standard InChI is InChI=1S/C30H46O3/c1-18(2)19-10-15-30(25(32)33)17-16-28(6)21-8-9-22-26(3,4)23(31)12-13-27(22,5)20(21)11-14-29(28,7)24(19)30/h19-22,24H,1,8-17H2,2-7H3,(H,32,33)/t19-,20?,21?,22?,24?,27+,28-,29+,30-/m0/s1. The second-order valence-electron chi connectivity index (χ2n) is 14.3. The fraction of sp³-hybridized carbons (Fsp3) is 0.867. The van der Waals surface area contributed by atoms with Crippen LogP contribution in [0, 0.1) is 56.7 Å². The Labute approximate surface area is 201 Å². The molecule has 5 rings (SSSR count). The van der Waals surface area contributed by atoms with Gasteiger partial charge in [-0.15, -0.1) is 0 Å². The maximum absolute atomic E-state index is 12.9. The van der Waals surface area contributed by atoms with E-state index in [-0.39, 0.29) is 27.6 Å². The van der Waals surface area contributed by atoms with E-state index in [0.717, 1.165) is 51.4 Å². The summed E-state index contributed by atoms with van der Waals surface area (Å²) in [5.74, 6) is 2.23. The Hall–Kier alpha value is -1.12. The van der Waals surface area contributed by atoms with Gasteiger partial charge in [0.1, 0.15) is 5.78 Å². The van der Waals surface area contributed by atoms with Crippen LogP contribution in [0.25, 0.3) is 0 Å². The number of hydrogen-bond donors (Lipinski definition) is 1. The van der Waals surface area contributed by atoms with E-state index >= 15 is 0 Å². The van der Waals surface area contributed by atoms with Crippen LogP contribution < -0.4 is 0 Å².